The molecule has 2 saturated carbocycles. The lowest BCUT2D eigenvalue weighted by atomic mass is 9.42. The van der Waals surface area contributed by atoms with Gasteiger partial charge in [-0.15, -0.1) is 0 Å². The van der Waals surface area contributed by atoms with Gasteiger partial charge in [0, 0.05) is 12.3 Å². The summed E-state index contributed by atoms with van der Waals surface area (Å²) in [6.45, 7) is 13.8. The van der Waals surface area contributed by atoms with E-state index in [-0.39, 0.29) is 29.6 Å². The summed E-state index contributed by atoms with van der Waals surface area (Å²) in [5.41, 5.74) is 0.940. The number of aliphatic hydroxyl groups excluding tert-OH is 1. The van der Waals surface area contributed by atoms with Crippen molar-refractivity contribution in [1.29, 1.82) is 0 Å². The molecule has 0 aromatic carbocycles. The summed E-state index contributed by atoms with van der Waals surface area (Å²) < 4.78 is 5.76. The number of esters is 1. The highest BCUT2D eigenvalue weighted by Gasteiger charge is 2.66. The van der Waals surface area contributed by atoms with Crippen LogP contribution in [0.5, 0.6) is 0 Å². The number of carboxylic acid groups (broad SMARTS) is 1. The van der Waals surface area contributed by atoms with Crippen molar-refractivity contribution in [2.45, 2.75) is 85.4 Å². The summed E-state index contributed by atoms with van der Waals surface area (Å²) in [6.07, 6.45) is 4.51. The zero-order chi connectivity index (χ0) is 22.4. The number of aliphatic carboxylic acids is 1. The van der Waals surface area contributed by atoms with Crippen molar-refractivity contribution in [3.05, 3.63) is 23.8 Å². The Morgan fingerprint density at radius 3 is 2.53 bits per heavy atom. The summed E-state index contributed by atoms with van der Waals surface area (Å²) in [5.74, 6) is -1.05. The first-order valence-electron chi connectivity index (χ1n) is 11.4. The summed E-state index contributed by atoms with van der Waals surface area (Å²) in [6, 6.07) is 0. The third kappa shape index (κ3) is 3.53. The lowest BCUT2D eigenvalue weighted by molar-refractivity contribution is -0.222. The largest absolute Gasteiger partial charge is 0.481 e. The number of hydrogen-bond donors (Lipinski definition) is 2. The highest BCUT2D eigenvalue weighted by Crippen LogP contribution is 2.65. The molecule has 0 radical (unpaired) electrons. The van der Waals surface area contributed by atoms with Gasteiger partial charge >= 0.3 is 11.9 Å². The van der Waals surface area contributed by atoms with E-state index in [0.29, 0.717) is 18.8 Å². The maximum absolute atomic E-state index is 12.6. The molecule has 168 valence electrons. The van der Waals surface area contributed by atoms with E-state index in [0.717, 1.165) is 19.3 Å². The number of hydrogen-bond acceptors (Lipinski definition) is 4. The first-order chi connectivity index (χ1) is 14.0. The number of carbonyl (C=O) groups is 2. The molecule has 0 amide bonds. The second-order valence-electron chi connectivity index (χ2n) is 10.7. The first-order valence-corrected chi connectivity index (χ1v) is 11.4. The maximum Gasteiger partial charge on any atom is 0.313 e. The van der Waals surface area contributed by atoms with Gasteiger partial charge in [0.25, 0.3) is 0 Å². The molecule has 2 N–H and O–H groups in total. The van der Waals surface area contributed by atoms with E-state index >= 15 is 0 Å². The minimum atomic E-state index is -1.31. The Morgan fingerprint density at radius 2 is 1.97 bits per heavy atom. The summed E-state index contributed by atoms with van der Waals surface area (Å²) >= 11 is 0. The van der Waals surface area contributed by atoms with Crippen LogP contribution in [0.15, 0.2) is 23.8 Å². The minimum Gasteiger partial charge on any atom is -0.481 e. The van der Waals surface area contributed by atoms with Gasteiger partial charge in [0.2, 0.25) is 0 Å². The molecule has 0 spiro atoms. The number of rotatable bonds is 5. The molecule has 0 aliphatic heterocycles. The smallest absolute Gasteiger partial charge is 0.313 e. The van der Waals surface area contributed by atoms with Crippen molar-refractivity contribution in [3.8, 4) is 0 Å². The lowest BCUT2D eigenvalue weighted by Gasteiger charge is -2.63. The third-order valence-corrected chi connectivity index (χ3v) is 8.53. The van der Waals surface area contributed by atoms with Gasteiger partial charge in [-0.05, 0) is 74.7 Å². The highest BCUT2D eigenvalue weighted by molar-refractivity contribution is 5.77. The number of aliphatic hydroxyl groups is 1. The molecule has 3 aliphatic carbocycles. The fourth-order valence-electron chi connectivity index (χ4n) is 7.07. The van der Waals surface area contributed by atoms with Crippen LogP contribution in [0.2, 0.25) is 0 Å². The van der Waals surface area contributed by atoms with Crippen LogP contribution in [0, 0.1) is 34.5 Å². The lowest BCUT2D eigenvalue weighted by Crippen LogP contribution is -2.65. The van der Waals surface area contributed by atoms with Crippen molar-refractivity contribution in [3.63, 3.8) is 0 Å². The van der Waals surface area contributed by atoms with Crippen LogP contribution >= 0.6 is 0 Å². The van der Waals surface area contributed by atoms with Crippen molar-refractivity contribution in [2.75, 3.05) is 0 Å². The number of allylic oxidation sites excluding steroid dienone is 3. The second-order valence-corrected chi connectivity index (χ2v) is 10.7. The summed E-state index contributed by atoms with van der Waals surface area (Å²) in [7, 11) is 0. The molecule has 5 heteroatoms. The van der Waals surface area contributed by atoms with E-state index in [2.05, 4.69) is 20.4 Å². The zero-order valence-corrected chi connectivity index (χ0v) is 19.1. The van der Waals surface area contributed by atoms with Crippen molar-refractivity contribution in [1.82, 2.24) is 0 Å². The zero-order valence-electron chi connectivity index (χ0n) is 19.1. The molecular formula is C25H38O5. The quantitative estimate of drug-likeness (QED) is 0.630. The average Bonchev–Trinajstić information content (AvgIpc) is 2.64. The number of ether oxygens (including phenoxy) is 1. The molecule has 0 saturated heterocycles. The van der Waals surface area contributed by atoms with Gasteiger partial charge in [0.15, 0.2) is 0 Å². The van der Waals surface area contributed by atoms with Crippen molar-refractivity contribution < 1.29 is 24.5 Å². The summed E-state index contributed by atoms with van der Waals surface area (Å²) in [5, 5.41) is 21.7. The maximum atomic E-state index is 12.6. The molecule has 0 aromatic rings. The third-order valence-electron chi connectivity index (χ3n) is 8.53. The molecule has 30 heavy (non-hydrogen) atoms. The fraction of sp³-hybridized carbons (Fsp3) is 0.760. The monoisotopic (exact) mass is 418 g/mol. The fourth-order valence-corrected chi connectivity index (χ4v) is 7.07. The van der Waals surface area contributed by atoms with E-state index in [4.69, 9.17) is 4.74 Å². The molecule has 7 atom stereocenters. The Bertz CT molecular complexity index is 753. The minimum absolute atomic E-state index is 0.152. The highest BCUT2D eigenvalue weighted by atomic mass is 16.5. The van der Waals surface area contributed by atoms with Gasteiger partial charge in [-0.25, -0.2) is 0 Å². The van der Waals surface area contributed by atoms with Crippen LogP contribution in [-0.2, 0) is 14.3 Å². The Labute approximate surface area is 180 Å². The van der Waals surface area contributed by atoms with Gasteiger partial charge in [0.1, 0.15) is 11.5 Å². The molecule has 0 heterocycles. The molecule has 5 nitrogen and oxygen atoms in total. The number of fused-ring (bicyclic) bond motifs is 3. The number of carbonyl (C=O) groups excluding carboxylic acids is 1. The first kappa shape index (κ1) is 23.1. The average molecular weight is 419 g/mol. The van der Waals surface area contributed by atoms with Crippen LogP contribution in [-0.4, -0.2) is 34.4 Å². The van der Waals surface area contributed by atoms with E-state index in [1.165, 1.54) is 11.1 Å². The van der Waals surface area contributed by atoms with Gasteiger partial charge in [-0.1, -0.05) is 39.0 Å². The Balaban J connectivity index is 1.98. The molecule has 2 fully saturated rings. The van der Waals surface area contributed by atoms with E-state index < -0.39 is 29.5 Å². The van der Waals surface area contributed by atoms with Crippen LogP contribution in [0.1, 0.15) is 73.1 Å². The Morgan fingerprint density at radius 1 is 1.30 bits per heavy atom. The standard InChI is InChI=1S/C25H38O5/c1-7-16-8-9-18-17(15(16)4)13-19(26)22-24(18,5)11-10-20(25(22,6)23(28)29)30-21(27)12-14(2)3/h7,14,17-20,22,26H,1,8-13H2,2-6H3,(H,28,29)/t17?,18?,19?,20-,22?,24-,25-/m1/s1. The van der Waals surface area contributed by atoms with Gasteiger partial charge in [0.05, 0.1) is 6.10 Å². The van der Waals surface area contributed by atoms with Crippen LogP contribution in [0.3, 0.4) is 0 Å². The van der Waals surface area contributed by atoms with Gasteiger partial charge in [-0.3, -0.25) is 9.59 Å². The molecule has 3 rings (SSSR count). The molecule has 4 unspecified atom stereocenters. The van der Waals surface area contributed by atoms with E-state index in [1.807, 2.05) is 19.9 Å². The second kappa shape index (κ2) is 8.14. The normalized spacial score (nSPS) is 41.1. The van der Waals surface area contributed by atoms with E-state index in [1.54, 1.807) is 6.92 Å². The molecule has 0 bridgehead atoms. The van der Waals surface area contributed by atoms with Crippen molar-refractivity contribution in [2.24, 2.45) is 34.5 Å². The van der Waals surface area contributed by atoms with E-state index in [9.17, 15) is 19.8 Å². The predicted octanol–water partition coefficient (Wildman–Crippen LogP) is 4.74. The number of carboxylic acids is 1. The predicted molar refractivity (Wildman–Crippen MR) is 116 cm³/mol. The van der Waals surface area contributed by atoms with Crippen molar-refractivity contribution >= 4 is 11.9 Å². The molecule has 0 aromatic heterocycles. The topological polar surface area (TPSA) is 83.8 Å². The van der Waals surface area contributed by atoms with Crippen LogP contribution in [0.25, 0.3) is 0 Å². The summed E-state index contributed by atoms with van der Waals surface area (Å²) in [4.78, 5) is 25.0. The Kier molecular flexibility index (Phi) is 6.26. The molecule has 3 aliphatic rings. The SMILES string of the molecule is C=CC1=C(C)C2CC(O)C3[C@](C)(CC[C@@H](OC(=O)CC(C)C)[C@@]3(C)C(=O)O)C2CC1. The van der Waals surface area contributed by atoms with Crippen LogP contribution < -0.4 is 0 Å². The van der Waals surface area contributed by atoms with Gasteiger partial charge in [-0.2, -0.15) is 0 Å². The van der Waals surface area contributed by atoms with Gasteiger partial charge < -0.3 is 14.9 Å². The van der Waals surface area contributed by atoms with Crippen LogP contribution in [0.4, 0.5) is 0 Å². The Hall–Kier alpha value is -1.62. The molecular weight excluding hydrogens is 380 g/mol.